The van der Waals surface area contributed by atoms with Crippen LogP contribution in [0.5, 0.6) is 0 Å². The Morgan fingerprint density at radius 2 is 1.76 bits per heavy atom. The summed E-state index contributed by atoms with van der Waals surface area (Å²) >= 11 is 5.97. The molecule has 2 N–H and O–H groups in total. The van der Waals surface area contributed by atoms with E-state index in [-0.39, 0.29) is 6.04 Å². The van der Waals surface area contributed by atoms with Crippen molar-refractivity contribution in [2.45, 2.75) is 38.8 Å². The van der Waals surface area contributed by atoms with Crippen molar-refractivity contribution in [3.63, 3.8) is 0 Å². The smallest absolute Gasteiger partial charge is 0.0781 e. The number of aliphatic hydroxyl groups is 1. The van der Waals surface area contributed by atoms with Gasteiger partial charge in [0.05, 0.1) is 12.1 Å². The highest BCUT2D eigenvalue weighted by Crippen LogP contribution is 2.29. The Kier molecular flexibility index (Phi) is 5.66. The third-order valence-electron chi connectivity index (χ3n) is 3.59. The van der Waals surface area contributed by atoms with E-state index in [2.05, 4.69) is 24.4 Å². The topological polar surface area (TPSA) is 32.3 Å². The fraction of sp³-hybridized carbons (Fsp3) is 0.333. The van der Waals surface area contributed by atoms with Gasteiger partial charge >= 0.3 is 0 Å². The minimum absolute atomic E-state index is 0.215. The highest BCUT2D eigenvalue weighted by Gasteiger charge is 2.14. The number of anilines is 1. The molecule has 0 heterocycles. The van der Waals surface area contributed by atoms with Crippen molar-refractivity contribution in [3.8, 4) is 0 Å². The second-order valence-electron chi connectivity index (χ2n) is 5.30. The van der Waals surface area contributed by atoms with Crippen LogP contribution >= 0.6 is 11.6 Å². The number of nitrogens with one attached hydrogen (secondary N) is 1. The molecule has 0 bridgehead atoms. The molecule has 21 heavy (non-hydrogen) atoms. The zero-order valence-corrected chi connectivity index (χ0v) is 13.3. The molecular weight excluding hydrogens is 282 g/mol. The first kappa shape index (κ1) is 15.9. The van der Waals surface area contributed by atoms with Gasteiger partial charge in [-0.15, -0.1) is 0 Å². The average Bonchev–Trinajstić information content (AvgIpc) is 2.48. The van der Waals surface area contributed by atoms with Gasteiger partial charge in [-0.1, -0.05) is 55.3 Å². The number of para-hydroxylation sites is 1. The Balaban J connectivity index is 2.26. The third kappa shape index (κ3) is 4.23. The van der Waals surface area contributed by atoms with Gasteiger partial charge in [0, 0.05) is 16.3 Å². The molecular formula is C18H22ClNO. The predicted molar refractivity (Wildman–Crippen MR) is 89.8 cm³/mol. The monoisotopic (exact) mass is 303 g/mol. The van der Waals surface area contributed by atoms with Crippen LogP contribution in [-0.2, 0) is 0 Å². The third-order valence-corrected chi connectivity index (χ3v) is 3.84. The Bertz CT molecular complexity index is 566. The Labute approximate surface area is 131 Å². The van der Waals surface area contributed by atoms with Gasteiger partial charge in [0.1, 0.15) is 0 Å². The minimum Gasteiger partial charge on any atom is -0.389 e. The van der Waals surface area contributed by atoms with Gasteiger partial charge in [-0.25, -0.2) is 0 Å². The van der Waals surface area contributed by atoms with Crippen LogP contribution in [0.15, 0.2) is 48.5 Å². The number of rotatable bonds is 6. The molecule has 0 aliphatic carbocycles. The molecule has 2 aromatic rings. The number of hydrogen-bond acceptors (Lipinski definition) is 2. The molecule has 0 fully saturated rings. The molecule has 0 saturated carbocycles. The maximum Gasteiger partial charge on any atom is 0.0781 e. The molecule has 0 saturated heterocycles. The first-order valence-electron chi connectivity index (χ1n) is 7.40. The summed E-state index contributed by atoms with van der Waals surface area (Å²) in [6.45, 7) is 3.96. The first-order valence-corrected chi connectivity index (χ1v) is 7.78. The standard InChI is InChI=1S/C18H22ClNO/c1-3-6-17(14-9-11-15(19)12-10-14)20-18-8-5-4-7-16(18)13(2)21/h4-5,7-13,17,20-21H,3,6H2,1-2H3. The van der Waals surface area contributed by atoms with Crippen LogP contribution in [-0.4, -0.2) is 5.11 Å². The van der Waals surface area contributed by atoms with Crippen molar-refractivity contribution in [1.82, 2.24) is 0 Å². The lowest BCUT2D eigenvalue weighted by atomic mass is 10.0. The van der Waals surface area contributed by atoms with Gasteiger partial charge in [-0.05, 0) is 37.1 Å². The summed E-state index contributed by atoms with van der Waals surface area (Å²) in [6, 6.07) is 16.1. The average molecular weight is 304 g/mol. The van der Waals surface area contributed by atoms with Crippen LogP contribution in [0.25, 0.3) is 0 Å². The summed E-state index contributed by atoms with van der Waals surface area (Å²) in [5, 5.41) is 14.2. The summed E-state index contributed by atoms with van der Waals surface area (Å²) in [5.74, 6) is 0. The van der Waals surface area contributed by atoms with Crippen LogP contribution in [0, 0.1) is 0 Å². The van der Waals surface area contributed by atoms with Gasteiger partial charge in [0.25, 0.3) is 0 Å². The summed E-state index contributed by atoms with van der Waals surface area (Å²) in [7, 11) is 0. The Hall–Kier alpha value is -1.51. The molecule has 2 aromatic carbocycles. The van der Waals surface area contributed by atoms with Crippen molar-refractivity contribution >= 4 is 17.3 Å². The van der Waals surface area contributed by atoms with Crippen LogP contribution in [0.4, 0.5) is 5.69 Å². The zero-order chi connectivity index (χ0) is 15.2. The molecule has 2 nitrogen and oxygen atoms in total. The summed E-state index contributed by atoms with van der Waals surface area (Å²) in [4.78, 5) is 0. The van der Waals surface area contributed by atoms with E-state index in [1.807, 2.05) is 36.4 Å². The molecule has 0 amide bonds. The highest BCUT2D eigenvalue weighted by atomic mass is 35.5. The van der Waals surface area contributed by atoms with Gasteiger partial charge in [0.2, 0.25) is 0 Å². The van der Waals surface area contributed by atoms with Crippen LogP contribution in [0.1, 0.15) is 50.0 Å². The van der Waals surface area contributed by atoms with Gasteiger partial charge in [-0.2, -0.15) is 0 Å². The summed E-state index contributed by atoms with van der Waals surface area (Å²) in [5.41, 5.74) is 3.12. The quantitative estimate of drug-likeness (QED) is 0.754. The summed E-state index contributed by atoms with van der Waals surface area (Å²) in [6.07, 6.45) is 1.62. The van der Waals surface area contributed by atoms with Gasteiger partial charge in [-0.3, -0.25) is 0 Å². The molecule has 0 aromatic heterocycles. The Morgan fingerprint density at radius 3 is 2.38 bits per heavy atom. The Morgan fingerprint density at radius 1 is 1.10 bits per heavy atom. The van der Waals surface area contributed by atoms with Crippen LogP contribution < -0.4 is 5.32 Å². The van der Waals surface area contributed by atoms with E-state index in [0.717, 1.165) is 29.1 Å². The maximum atomic E-state index is 9.90. The second kappa shape index (κ2) is 7.48. The largest absolute Gasteiger partial charge is 0.389 e. The minimum atomic E-state index is -0.485. The number of hydrogen-bond donors (Lipinski definition) is 2. The van der Waals surface area contributed by atoms with E-state index in [0.29, 0.717) is 0 Å². The van der Waals surface area contributed by atoms with Crippen LogP contribution in [0.3, 0.4) is 0 Å². The normalized spacial score (nSPS) is 13.7. The zero-order valence-electron chi connectivity index (χ0n) is 12.5. The number of benzene rings is 2. The fourth-order valence-electron chi connectivity index (χ4n) is 2.49. The highest BCUT2D eigenvalue weighted by molar-refractivity contribution is 6.30. The van der Waals surface area contributed by atoms with Crippen molar-refractivity contribution in [2.75, 3.05) is 5.32 Å². The molecule has 0 radical (unpaired) electrons. The first-order chi connectivity index (χ1) is 10.1. The molecule has 112 valence electrons. The van der Waals surface area contributed by atoms with Crippen LogP contribution in [0.2, 0.25) is 5.02 Å². The van der Waals surface area contributed by atoms with Gasteiger partial charge in [0.15, 0.2) is 0 Å². The molecule has 3 heteroatoms. The lowest BCUT2D eigenvalue weighted by Gasteiger charge is -2.23. The summed E-state index contributed by atoms with van der Waals surface area (Å²) < 4.78 is 0. The molecule has 2 atom stereocenters. The SMILES string of the molecule is CCCC(Nc1ccccc1C(C)O)c1ccc(Cl)cc1. The number of aliphatic hydroxyl groups excluding tert-OH is 1. The molecule has 0 aliphatic rings. The lowest BCUT2D eigenvalue weighted by molar-refractivity contribution is 0.200. The van der Waals surface area contributed by atoms with E-state index >= 15 is 0 Å². The van der Waals surface area contributed by atoms with Crippen molar-refractivity contribution in [2.24, 2.45) is 0 Å². The van der Waals surface area contributed by atoms with Gasteiger partial charge < -0.3 is 10.4 Å². The van der Waals surface area contributed by atoms with E-state index in [1.54, 1.807) is 6.92 Å². The predicted octanol–water partition coefficient (Wildman–Crippen LogP) is 5.35. The number of halogens is 1. The van der Waals surface area contributed by atoms with E-state index < -0.39 is 6.10 Å². The van der Waals surface area contributed by atoms with E-state index in [9.17, 15) is 5.11 Å². The molecule has 0 spiro atoms. The van der Waals surface area contributed by atoms with E-state index in [1.165, 1.54) is 5.56 Å². The molecule has 2 unspecified atom stereocenters. The van der Waals surface area contributed by atoms with Crippen molar-refractivity contribution < 1.29 is 5.11 Å². The van der Waals surface area contributed by atoms with Crippen molar-refractivity contribution in [3.05, 3.63) is 64.7 Å². The lowest BCUT2D eigenvalue weighted by Crippen LogP contribution is -2.12. The molecule has 0 aliphatic heterocycles. The van der Waals surface area contributed by atoms with E-state index in [4.69, 9.17) is 11.6 Å². The van der Waals surface area contributed by atoms with Crippen molar-refractivity contribution in [1.29, 1.82) is 0 Å². The molecule has 2 rings (SSSR count). The fourth-order valence-corrected chi connectivity index (χ4v) is 2.61. The maximum absolute atomic E-state index is 9.90. The second-order valence-corrected chi connectivity index (χ2v) is 5.74.